The van der Waals surface area contributed by atoms with E-state index in [-0.39, 0.29) is 40.6 Å². The average molecular weight is 471 g/mol. The summed E-state index contributed by atoms with van der Waals surface area (Å²) in [6.07, 6.45) is 0. The SMILES string of the molecule is [2H]c1c([2H])c([2H])c(-c2cc(Cl)cc(-n3c4ccccc4c4ccc(C(C)(C)C)c(C(C)(C)C)c43)c2)c([2H])c1[2H]. The Morgan fingerprint density at radius 3 is 2.12 bits per heavy atom. The Kier molecular flexibility index (Phi) is 4.11. The van der Waals surface area contributed by atoms with E-state index in [9.17, 15) is 0 Å². The van der Waals surface area contributed by atoms with Crippen molar-refractivity contribution in [2.45, 2.75) is 52.4 Å². The van der Waals surface area contributed by atoms with Crippen LogP contribution in [0.4, 0.5) is 0 Å². The van der Waals surface area contributed by atoms with Gasteiger partial charge in [-0.15, -0.1) is 0 Å². The minimum atomic E-state index is -0.414. The molecule has 0 spiro atoms. The van der Waals surface area contributed by atoms with E-state index in [4.69, 9.17) is 18.5 Å². The number of benzene rings is 4. The van der Waals surface area contributed by atoms with Crippen LogP contribution in [0.15, 0.2) is 84.8 Å². The van der Waals surface area contributed by atoms with Gasteiger partial charge in [0, 0.05) is 21.5 Å². The molecule has 0 fully saturated rings. The van der Waals surface area contributed by atoms with E-state index >= 15 is 0 Å². The van der Waals surface area contributed by atoms with Gasteiger partial charge < -0.3 is 4.57 Å². The van der Waals surface area contributed by atoms with Crippen molar-refractivity contribution in [2.75, 3.05) is 0 Å². The Bertz CT molecular complexity index is 1760. The second kappa shape index (κ2) is 8.03. The van der Waals surface area contributed by atoms with Gasteiger partial charge in [0.05, 0.1) is 17.9 Å². The molecule has 172 valence electrons. The normalized spacial score (nSPS) is 14.6. The Labute approximate surface area is 215 Å². The summed E-state index contributed by atoms with van der Waals surface area (Å²) >= 11 is 6.70. The van der Waals surface area contributed by atoms with Gasteiger partial charge in [0.2, 0.25) is 0 Å². The zero-order valence-corrected chi connectivity index (χ0v) is 21.3. The Morgan fingerprint density at radius 1 is 0.735 bits per heavy atom. The van der Waals surface area contributed by atoms with Gasteiger partial charge in [-0.3, -0.25) is 0 Å². The number of hydrogen-bond donors (Lipinski definition) is 0. The smallest absolute Gasteiger partial charge is 0.0629 e. The van der Waals surface area contributed by atoms with Gasteiger partial charge in [-0.25, -0.2) is 0 Å². The lowest BCUT2D eigenvalue weighted by atomic mass is 9.74. The van der Waals surface area contributed by atoms with E-state index in [0.717, 1.165) is 27.5 Å². The number of rotatable bonds is 2. The molecule has 5 aromatic rings. The van der Waals surface area contributed by atoms with Gasteiger partial charge in [0.15, 0.2) is 0 Å². The minimum absolute atomic E-state index is 0.0924. The van der Waals surface area contributed by atoms with Crippen molar-refractivity contribution in [3.63, 3.8) is 0 Å². The number of halogens is 1. The summed E-state index contributed by atoms with van der Waals surface area (Å²) in [7, 11) is 0. The van der Waals surface area contributed by atoms with E-state index in [2.05, 4.69) is 70.4 Å². The molecule has 1 heterocycles. The first kappa shape index (κ1) is 17.4. The van der Waals surface area contributed by atoms with Crippen LogP contribution in [-0.2, 0) is 10.8 Å². The highest BCUT2D eigenvalue weighted by molar-refractivity contribution is 6.31. The first-order valence-corrected chi connectivity index (χ1v) is 12.0. The Hall–Kier alpha value is -3.03. The first-order chi connectivity index (χ1) is 18.1. The molecule has 0 atom stereocenters. The number of hydrogen-bond acceptors (Lipinski definition) is 0. The van der Waals surface area contributed by atoms with Crippen molar-refractivity contribution in [3.8, 4) is 16.8 Å². The Morgan fingerprint density at radius 2 is 1.44 bits per heavy atom. The van der Waals surface area contributed by atoms with Gasteiger partial charge >= 0.3 is 0 Å². The van der Waals surface area contributed by atoms with Crippen molar-refractivity contribution in [1.29, 1.82) is 0 Å². The zero-order valence-electron chi connectivity index (χ0n) is 25.5. The van der Waals surface area contributed by atoms with Crippen molar-refractivity contribution in [3.05, 3.63) is 101 Å². The van der Waals surface area contributed by atoms with E-state index in [0.29, 0.717) is 10.6 Å². The number of fused-ring (bicyclic) bond motifs is 3. The molecule has 0 bridgehead atoms. The van der Waals surface area contributed by atoms with E-state index in [1.807, 2.05) is 24.3 Å². The number of aromatic nitrogens is 1. The van der Waals surface area contributed by atoms with Crippen LogP contribution in [0.5, 0.6) is 0 Å². The lowest BCUT2D eigenvalue weighted by molar-refractivity contribution is 0.533. The molecule has 4 aromatic carbocycles. The summed E-state index contributed by atoms with van der Waals surface area (Å²) in [5.41, 5.74) is 5.72. The molecule has 5 rings (SSSR count). The molecule has 0 aliphatic rings. The third-order valence-corrected chi connectivity index (χ3v) is 6.54. The lowest BCUT2D eigenvalue weighted by Gasteiger charge is -2.31. The molecule has 0 N–H and O–H groups in total. The van der Waals surface area contributed by atoms with Crippen molar-refractivity contribution in [1.82, 2.24) is 4.57 Å². The second-order valence-electron chi connectivity index (χ2n) is 10.9. The quantitative estimate of drug-likeness (QED) is 0.242. The van der Waals surface area contributed by atoms with Crippen LogP contribution in [0.25, 0.3) is 38.6 Å². The maximum absolute atomic E-state index is 8.54. The second-order valence-corrected chi connectivity index (χ2v) is 11.4. The fourth-order valence-electron chi connectivity index (χ4n) is 4.95. The van der Waals surface area contributed by atoms with E-state index in [1.165, 1.54) is 11.1 Å². The predicted molar refractivity (Wildman–Crippen MR) is 149 cm³/mol. The molecule has 1 nitrogen and oxygen atoms in total. The zero-order chi connectivity index (χ0) is 28.6. The number of nitrogens with zero attached hydrogens (tertiary/aromatic N) is 1. The van der Waals surface area contributed by atoms with Crippen LogP contribution in [-0.4, -0.2) is 4.57 Å². The summed E-state index contributed by atoms with van der Waals surface area (Å²) in [6.45, 7) is 13.4. The lowest BCUT2D eigenvalue weighted by Crippen LogP contribution is -2.23. The van der Waals surface area contributed by atoms with Crippen LogP contribution in [0.1, 0.15) is 59.5 Å². The number of para-hydroxylation sites is 1. The monoisotopic (exact) mass is 470 g/mol. The maximum Gasteiger partial charge on any atom is 0.0629 e. The van der Waals surface area contributed by atoms with Crippen LogP contribution in [0, 0.1) is 0 Å². The molecule has 0 aliphatic heterocycles. The minimum Gasteiger partial charge on any atom is -0.309 e. The van der Waals surface area contributed by atoms with Gasteiger partial charge in [0.1, 0.15) is 0 Å². The summed E-state index contributed by atoms with van der Waals surface area (Å²) in [5.74, 6) is 0. The van der Waals surface area contributed by atoms with Gasteiger partial charge in [-0.2, -0.15) is 0 Å². The van der Waals surface area contributed by atoms with Crippen LogP contribution in [0.3, 0.4) is 0 Å². The molecule has 0 amide bonds. The summed E-state index contributed by atoms with van der Waals surface area (Å²) in [6, 6.07) is 16.5. The van der Waals surface area contributed by atoms with Crippen LogP contribution in [0.2, 0.25) is 5.02 Å². The van der Waals surface area contributed by atoms with E-state index < -0.39 is 6.04 Å². The molecule has 0 radical (unpaired) electrons. The van der Waals surface area contributed by atoms with E-state index in [1.54, 1.807) is 6.07 Å². The molecule has 0 aliphatic carbocycles. The van der Waals surface area contributed by atoms with Crippen molar-refractivity contribution in [2.24, 2.45) is 0 Å². The third kappa shape index (κ3) is 3.83. The molecular weight excluding hydrogens is 434 g/mol. The fourth-order valence-corrected chi connectivity index (χ4v) is 5.18. The predicted octanol–water partition coefficient (Wildman–Crippen LogP) is 9.70. The molecule has 0 unspecified atom stereocenters. The maximum atomic E-state index is 8.54. The van der Waals surface area contributed by atoms with Crippen LogP contribution >= 0.6 is 11.6 Å². The molecule has 0 saturated heterocycles. The third-order valence-electron chi connectivity index (χ3n) is 6.32. The van der Waals surface area contributed by atoms with Crippen molar-refractivity contribution >= 4 is 33.4 Å². The van der Waals surface area contributed by atoms with Crippen LogP contribution < -0.4 is 0 Å². The van der Waals surface area contributed by atoms with Gasteiger partial charge in [0.25, 0.3) is 0 Å². The topological polar surface area (TPSA) is 4.93 Å². The summed E-state index contributed by atoms with van der Waals surface area (Å²) in [4.78, 5) is 0. The fraction of sp³-hybridized carbons (Fsp3) is 0.250. The standard InChI is InChI=1S/C32H32ClN/c1-31(2,3)27-17-16-26-25-14-10-11-15-28(25)34(30(26)29(27)32(4,5)6)24-19-22(18-23(33)20-24)21-12-8-7-9-13-21/h7-20H,1-6H3/i7D,8D,9D,12D,13D. The highest BCUT2D eigenvalue weighted by Crippen LogP contribution is 2.44. The van der Waals surface area contributed by atoms with Crippen molar-refractivity contribution < 1.29 is 6.85 Å². The van der Waals surface area contributed by atoms with Gasteiger partial charge in [-0.1, -0.05) is 114 Å². The molecule has 0 saturated carbocycles. The highest BCUT2D eigenvalue weighted by Gasteiger charge is 2.30. The molecule has 1 aromatic heterocycles. The summed E-state index contributed by atoms with van der Waals surface area (Å²) < 4.78 is 43.7. The first-order valence-electron chi connectivity index (χ1n) is 14.1. The molecule has 2 heteroatoms. The molecular formula is C32H32ClN. The highest BCUT2D eigenvalue weighted by atomic mass is 35.5. The molecule has 34 heavy (non-hydrogen) atoms. The summed E-state index contributed by atoms with van der Waals surface area (Å²) in [5, 5.41) is 2.67. The largest absolute Gasteiger partial charge is 0.309 e. The van der Waals surface area contributed by atoms with Gasteiger partial charge in [-0.05, 0) is 57.3 Å². The Balaban J connectivity index is 1.96. The average Bonchev–Trinajstić information content (AvgIpc) is 3.19.